The summed E-state index contributed by atoms with van der Waals surface area (Å²) in [4.78, 5) is 10.7. The van der Waals surface area contributed by atoms with Crippen LogP contribution in [0.25, 0.3) is 0 Å². The van der Waals surface area contributed by atoms with Gasteiger partial charge in [-0.3, -0.25) is 10.1 Å². The fourth-order valence-electron chi connectivity index (χ4n) is 2.60. The zero-order valence-corrected chi connectivity index (χ0v) is 12.0. The lowest BCUT2D eigenvalue weighted by Gasteiger charge is -2.21. The number of anilines is 2. The van der Waals surface area contributed by atoms with E-state index in [9.17, 15) is 10.1 Å². The Hall–Kier alpha value is -2.11. The first kappa shape index (κ1) is 13.9. The molecule has 0 unspecified atom stereocenters. The second-order valence-corrected chi connectivity index (χ2v) is 5.30. The Morgan fingerprint density at radius 1 is 1.19 bits per heavy atom. The zero-order valence-electron chi connectivity index (χ0n) is 11.2. The lowest BCUT2D eigenvalue weighted by Crippen LogP contribution is -2.24. The third-order valence-electron chi connectivity index (χ3n) is 3.58. The molecule has 1 heterocycles. The van der Waals surface area contributed by atoms with Crippen molar-refractivity contribution in [1.82, 2.24) is 5.32 Å². The monoisotopic (exact) mass is 303 g/mol. The van der Waals surface area contributed by atoms with E-state index in [0.29, 0.717) is 5.69 Å². The van der Waals surface area contributed by atoms with E-state index in [1.807, 2.05) is 12.1 Å². The Kier molecular flexibility index (Phi) is 3.77. The van der Waals surface area contributed by atoms with E-state index in [1.165, 1.54) is 17.2 Å². The molecule has 0 aromatic heterocycles. The van der Waals surface area contributed by atoms with E-state index in [2.05, 4.69) is 16.7 Å². The van der Waals surface area contributed by atoms with Gasteiger partial charge in [-0.25, -0.2) is 0 Å². The fraction of sp³-hybridized carbons (Fsp3) is 0.200. The molecule has 108 valence electrons. The summed E-state index contributed by atoms with van der Waals surface area (Å²) in [5, 5.41) is 17.8. The van der Waals surface area contributed by atoms with Crippen LogP contribution in [0.15, 0.2) is 36.4 Å². The molecule has 0 amide bonds. The number of fused-ring (bicyclic) bond motifs is 1. The summed E-state index contributed by atoms with van der Waals surface area (Å²) in [7, 11) is 0. The molecule has 1 aliphatic rings. The third kappa shape index (κ3) is 2.70. The van der Waals surface area contributed by atoms with Crippen molar-refractivity contribution in [2.45, 2.75) is 13.0 Å². The number of halogens is 1. The lowest BCUT2D eigenvalue weighted by molar-refractivity contribution is -0.383. The molecule has 2 N–H and O–H groups in total. The number of nitro groups is 1. The van der Waals surface area contributed by atoms with Crippen LogP contribution in [0.5, 0.6) is 0 Å². The van der Waals surface area contributed by atoms with Crippen LogP contribution in [0.1, 0.15) is 11.1 Å². The topological polar surface area (TPSA) is 67.2 Å². The standard InChI is InChI=1S/C15H14ClN3O2/c16-12-4-2-6-14(15(12)19(20)21)18-13-5-1-3-10-9-17-8-7-11(10)13/h1-6,17-18H,7-9H2. The van der Waals surface area contributed by atoms with Gasteiger partial charge in [-0.2, -0.15) is 0 Å². The number of nitro benzene ring substituents is 1. The summed E-state index contributed by atoms with van der Waals surface area (Å²) >= 11 is 5.94. The van der Waals surface area contributed by atoms with Gasteiger partial charge in [0.15, 0.2) is 0 Å². The van der Waals surface area contributed by atoms with Gasteiger partial charge in [0, 0.05) is 12.2 Å². The van der Waals surface area contributed by atoms with E-state index < -0.39 is 4.92 Å². The maximum atomic E-state index is 11.2. The summed E-state index contributed by atoms with van der Waals surface area (Å²) in [5.41, 5.74) is 3.64. The number of nitrogens with zero attached hydrogens (tertiary/aromatic N) is 1. The molecule has 6 heteroatoms. The molecule has 0 bridgehead atoms. The van der Waals surface area contributed by atoms with E-state index in [4.69, 9.17) is 11.6 Å². The minimum absolute atomic E-state index is 0.0919. The number of hydrogen-bond donors (Lipinski definition) is 2. The highest BCUT2D eigenvalue weighted by atomic mass is 35.5. The molecule has 2 aromatic carbocycles. The maximum Gasteiger partial charge on any atom is 0.311 e. The van der Waals surface area contributed by atoms with E-state index >= 15 is 0 Å². The van der Waals surface area contributed by atoms with Crippen LogP contribution >= 0.6 is 11.6 Å². The average Bonchev–Trinajstić information content (AvgIpc) is 2.47. The van der Waals surface area contributed by atoms with Gasteiger partial charge >= 0.3 is 5.69 Å². The molecule has 0 fully saturated rings. The smallest absolute Gasteiger partial charge is 0.311 e. The highest BCUT2D eigenvalue weighted by molar-refractivity contribution is 6.33. The second-order valence-electron chi connectivity index (χ2n) is 4.89. The van der Waals surface area contributed by atoms with Gasteiger partial charge in [0.25, 0.3) is 0 Å². The van der Waals surface area contributed by atoms with Crippen LogP contribution < -0.4 is 10.6 Å². The quantitative estimate of drug-likeness (QED) is 0.671. The van der Waals surface area contributed by atoms with Crippen molar-refractivity contribution in [3.05, 3.63) is 62.7 Å². The van der Waals surface area contributed by atoms with Gasteiger partial charge in [0.05, 0.1) is 4.92 Å². The number of para-hydroxylation sites is 1. The zero-order chi connectivity index (χ0) is 14.8. The lowest BCUT2D eigenvalue weighted by atomic mass is 9.99. The van der Waals surface area contributed by atoms with Crippen LogP contribution in [-0.4, -0.2) is 11.5 Å². The molecule has 3 rings (SSSR count). The number of nitrogens with one attached hydrogen (secondary N) is 2. The Balaban J connectivity index is 2.02. The van der Waals surface area contributed by atoms with Crippen molar-refractivity contribution in [2.75, 3.05) is 11.9 Å². The van der Waals surface area contributed by atoms with Crippen LogP contribution in [0.2, 0.25) is 5.02 Å². The van der Waals surface area contributed by atoms with Crippen molar-refractivity contribution in [1.29, 1.82) is 0 Å². The molecular formula is C15H14ClN3O2. The molecule has 21 heavy (non-hydrogen) atoms. The first-order chi connectivity index (χ1) is 10.2. The van der Waals surface area contributed by atoms with Crippen molar-refractivity contribution in [3.8, 4) is 0 Å². The molecule has 0 radical (unpaired) electrons. The van der Waals surface area contributed by atoms with E-state index in [1.54, 1.807) is 12.1 Å². The molecule has 0 saturated heterocycles. The van der Waals surface area contributed by atoms with Gasteiger partial charge in [-0.05, 0) is 42.3 Å². The van der Waals surface area contributed by atoms with Crippen molar-refractivity contribution >= 4 is 28.7 Å². The normalized spacial score (nSPS) is 13.6. The summed E-state index contributed by atoms with van der Waals surface area (Å²) in [6, 6.07) is 10.9. The Morgan fingerprint density at radius 2 is 1.95 bits per heavy atom. The van der Waals surface area contributed by atoms with Gasteiger partial charge < -0.3 is 10.6 Å². The Bertz CT molecular complexity index is 703. The van der Waals surface area contributed by atoms with Gasteiger partial charge in [-0.15, -0.1) is 0 Å². The molecule has 0 atom stereocenters. The molecule has 5 nitrogen and oxygen atoms in total. The summed E-state index contributed by atoms with van der Waals surface area (Å²) in [6.07, 6.45) is 0.896. The average molecular weight is 304 g/mol. The van der Waals surface area contributed by atoms with Gasteiger partial charge in [0.2, 0.25) is 0 Å². The molecule has 0 spiro atoms. The summed E-state index contributed by atoms with van der Waals surface area (Å²) in [5.74, 6) is 0. The first-order valence-electron chi connectivity index (χ1n) is 6.68. The molecule has 1 aliphatic heterocycles. The molecule has 0 saturated carbocycles. The summed E-state index contributed by atoms with van der Waals surface area (Å²) < 4.78 is 0. The predicted octanol–water partition coefficient (Wildman–Crippen LogP) is 3.64. The predicted molar refractivity (Wildman–Crippen MR) is 83.2 cm³/mol. The van der Waals surface area contributed by atoms with Crippen LogP contribution in [0, 0.1) is 10.1 Å². The van der Waals surface area contributed by atoms with Gasteiger partial charge in [0.1, 0.15) is 10.7 Å². The third-order valence-corrected chi connectivity index (χ3v) is 3.88. The van der Waals surface area contributed by atoms with Gasteiger partial charge in [-0.1, -0.05) is 29.8 Å². The first-order valence-corrected chi connectivity index (χ1v) is 7.06. The fourth-order valence-corrected chi connectivity index (χ4v) is 2.84. The minimum Gasteiger partial charge on any atom is -0.350 e. The minimum atomic E-state index is -0.457. The van der Waals surface area contributed by atoms with Crippen LogP contribution in [-0.2, 0) is 13.0 Å². The molecule has 0 aliphatic carbocycles. The summed E-state index contributed by atoms with van der Waals surface area (Å²) in [6.45, 7) is 1.73. The highest BCUT2D eigenvalue weighted by Crippen LogP contribution is 2.35. The number of rotatable bonds is 3. The van der Waals surface area contributed by atoms with Crippen LogP contribution in [0.3, 0.4) is 0 Å². The SMILES string of the molecule is O=[N+]([O-])c1c(Cl)cccc1Nc1cccc2c1CCNC2. The second kappa shape index (κ2) is 5.71. The van der Waals surface area contributed by atoms with E-state index in [0.717, 1.165) is 25.2 Å². The molecular weight excluding hydrogens is 290 g/mol. The van der Waals surface area contributed by atoms with Crippen LogP contribution in [0.4, 0.5) is 17.1 Å². The number of hydrogen-bond acceptors (Lipinski definition) is 4. The Labute approximate surface area is 127 Å². The van der Waals surface area contributed by atoms with Crippen molar-refractivity contribution in [2.24, 2.45) is 0 Å². The van der Waals surface area contributed by atoms with E-state index in [-0.39, 0.29) is 10.7 Å². The molecule has 2 aromatic rings. The van der Waals surface area contributed by atoms with Crippen molar-refractivity contribution in [3.63, 3.8) is 0 Å². The maximum absolute atomic E-state index is 11.2. The van der Waals surface area contributed by atoms with Crippen molar-refractivity contribution < 1.29 is 4.92 Å². The Morgan fingerprint density at radius 3 is 2.76 bits per heavy atom. The largest absolute Gasteiger partial charge is 0.350 e. The highest BCUT2D eigenvalue weighted by Gasteiger charge is 2.20. The number of benzene rings is 2.